The topological polar surface area (TPSA) is 44.5 Å². The zero-order valence-corrected chi connectivity index (χ0v) is 13.6. The van der Waals surface area contributed by atoms with Crippen molar-refractivity contribution in [3.05, 3.63) is 16.4 Å². The highest BCUT2D eigenvalue weighted by atomic mass is 35.5. The Hall–Kier alpha value is -0.620. The lowest BCUT2D eigenvalue weighted by atomic mass is 10.0. The smallest absolute Gasteiger partial charge is 0.0848 e. The van der Waals surface area contributed by atoms with Crippen LogP contribution in [-0.4, -0.2) is 70.6 Å². The zero-order chi connectivity index (χ0) is 14.9. The number of hydrogen-bond acceptors (Lipinski definition) is 4. The summed E-state index contributed by atoms with van der Waals surface area (Å²) in [4.78, 5) is 4.50. The van der Waals surface area contributed by atoms with E-state index >= 15 is 0 Å². The van der Waals surface area contributed by atoms with Crippen molar-refractivity contribution in [3.63, 3.8) is 0 Å². The first kappa shape index (κ1) is 15.8. The van der Waals surface area contributed by atoms with Crippen molar-refractivity contribution in [3.8, 4) is 0 Å². The molecular formula is C14H25ClN4O. The molecule has 2 unspecified atom stereocenters. The Morgan fingerprint density at radius 2 is 2.10 bits per heavy atom. The molecule has 0 bridgehead atoms. The number of aryl methyl sites for hydroxylation is 2. The molecule has 1 N–H and O–H groups in total. The predicted molar refractivity (Wildman–Crippen MR) is 81.3 cm³/mol. The Morgan fingerprint density at radius 1 is 1.40 bits per heavy atom. The molecule has 0 saturated carbocycles. The molecule has 0 aliphatic carbocycles. The third kappa shape index (κ3) is 3.17. The number of aliphatic hydroxyl groups excluding tert-OH is 1. The molecule has 1 aliphatic rings. The molecular weight excluding hydrogens is 276 g/mol. The van der Waals surface area contributed by atoms with Crippen molar-refractivity contribution in [2.24, 2.45) is 0 Å². The zero-order valence-electron chi connectivity index (χ0n) is 12.8. The lowest BCUT2D eigenvalue weighted by Gasteiger charge is -2.40. The Kier molecular flexibility index (Phi) is 5.07. The van der Waals surface area contributed by atoms with Crippen molar-refractivity contribution < 1.29 is 5.11 Å². The number of nitrogens with zero attached hydrogens (tertiary/aromatic N) is 4. The van der Waals surface area contributed by atoms with Crippen LogP contribution in [0.5, 0.6) is 0 Å². The minimum Gasteiger partial charge on any atom is -0.391 e. The molecule has 6 heteroatoms. The van der Waals surface area contributed by atoms with Crippen LogP contribution in [0.25, 0.3) is 0 Å². The first-order valence-electron chi connectivity index (χ1n) is 7.22. The lowest BCUT2D eigenvalue weighted by Crippen LogP contribution is -2.55. The molecule has 114 valence electrons. The number of likely N-dealkylation sites (N-methyl/N-ethyl adjacent to an activating group) is 2. The molecule has 5 nitrogen and oxygen atoms in total. The fourth-order valence-electron chi connectivity index (χ4n) is 2.86. The molecule has 2 atom stereocenters. The van der Waals surface area contributed by atoms with Gasteiger partial charge in [0, 0.05) is 38.6 Å². The van der Waals surface area contributed by atoms with Crippen molar-refractivity contribution in [2.75, 3.05) is 33.7 Å². The second-order valence-corrected chi connectivity index (χ2v) is 6.12. The molecule has 20 heavy (non-hydrogen) atoms. The summed E-state index contributed by atoms with van der Waals surface area (Å²) in [5.41, 5.74) is 1.78. The number of halogens is 1. The van der Waals surface area contributed by atoms with Crippen molar-refractivity contribution >= 4 is 11.6 Å². The van der Waals surface area contributed by atoms with E-state index in [1.54, 1.807) is 0 Å². The standard InChI is InChI=1S/C14H25ClN4O/c1-5-19-11(14(15)10(2)16-19)8-13(20)12-9-17(3)6-7-18(12)4/h12-13,20H,5-9H2,1-4H3. The predicted octanol–water partition coefficient (Wildman–Crippen LogP) is 1.01. The van der Waals surface area contributed by atoms with Gasteiger partial charge in [-0.1, -0.05) is 11.6 Å². The van der Waals surface area contributed by atoms with E-state index in [2.05, 4.69) is 29.0 Å². The molecule has 0 aromatic carbocycles. The van der Waals surface area contributed by atoms with E-state index in [0.717, 1.165) is 37.6 Å². The first-order chi connectivity index (χ1) is 9.43. The SMILES string of the molecule is CCn1nc(C)c(Cl)c1CC(O)C1CN(C)CCN1C. The van der Waals surface area contributed by atoms with Gasteiger partial charge in [0.1, 0.15) is 0 Å². The van der Waals surface area contributed by atoms with Crippen LogP contribution in [0.1, 0.15) is 18.3 Å². The summed E-state index contributed by atoms with van der Waals surface area (Å²) < 4.78 is 1.90. The van der Waals surface area contributed by atoms with Crippen molar-refractivity contribution in [2.45, 2.75) is 39.0 Å². The van der Waals surface area contributed by atoms with Crippen LogP contribution < -0.4 is 0 Å². The Morgan fingerprint density at radius 3 is 2.75 bits per heavy atom. The van der Waals surface area contributed by atoms with Gasteiger partial charge < -0.3 is 10.0 Å². The molecule has 0 radical (unpaired) electrons. The maximum atomic E-state index is 10.6. The van der Waals surface area contributed by atoms with Crippen LogP contribution in [0.15, 0.2) is 0 Å². The van der Waals surface area contributed by atoms with Gasteiger partial charge in [0.15, 0.2) is 0 Å². The summed E-state index contributed by atoms with van der Waals surface area (Å²) in [6, 6.07) is 0.144. The highest BCUT2D eigenvalue weighted by Crippen LogP contribution is 2.23. The maximum Gasteiger partial charge on any atom is 0.0848 e. The monoisotopic (exact) mass is 300 g/mol. The highest BCUT2D eigenvalue weighted by Gasteiger charge is 2.30. The average Bonchev–Trinajstić information content (AvgIpc) is 2.69. The fourth-order valence-corrected chi connectivity index (χ4v) is 3.07. The van der Waals surface area contributed by atoms with E-state index in [0.29, 0.717) is 11.4 Å². The van der Waals surface area contributed by atoms with Gasteiger partial charge in [-0.25, -0.2) is 0 Å². The summed E-state index contributed by atoms with van der Waals surface area (Å²) in [5.74, 6) is 0. The molecule has 1 aliphatic heterocycles. The lowest BCUT2D eigenvalue weighted by molar-refractivity contribution is 0.0144. The number of aliphatic hydroxyl groups is 1. The molecule has 1 aromatic rings. The molecule has 2 rings (SSSR count). The Bertz CT molecular complexity index is 462. The van der Waals surface area contributed by atoms with E-state index in [-0.39, 0.29) is 6.04 Å². The van der Waals surface area contributed by atoms with Crippen LogP contribution in [0.2, 0.25) is 5.02 Å². The third-order valence-corrected chi connectivity index (χ3v) is 4.69. The van der Waals surface area contributed by atoms with Crippen LogP contribution >= 0.6 is 11.6 Å². The average molecular weight is 301 g/mol. The summed E-state index contributed by atoms with van der Waals surface area (Å²) in [6.45, 7) is 7.64. The molecule has 1 saturated heterocycles. The summed E-state index contributed by atoms with van der Waals surface area (Å²) in [7, 11) is 4.17. The fraction of sp³-hybridized carbons (Fsp3) is 0.786. The first-order valence-corrected chi connectivity index (χ1v) is 7.60. The molecule has 1 fully saturated rings. The Labute approximate surface area is 126 Å². The van der Waals surface area contributed by atoms with E-state index in [4.69, 9.17) is 11.6 Å². The van der Waals surface area contributed by atoms with Crippen LogP contribution in [0.4, 0.5) is 0 Å². The third-order valence-electron chi connectivity index (χ3n) is 4.20. The van der Waals surface area contributed by atoms with Gasteiger partial charge in [0.2, 0.25) is 0 Å². The van der Waals surface area contributed by atoms with Crippen molar-refractivity contribution in [1.29, 1.82) is 0 Å². The van der Waals surface area contributed by atoms with E-state index in [9.17, 15) is 5.11 Å². The van der Waals surface area contributed by atoms with Gasteiger partial charge in [0.25, 0.3) is 0 Å². The van der Waals surface area contributed by atoms with Gasteiger partial charge in [-0.05, 0) is 27.9 Å². The second-order valence-electron chi connectivity index (χ2n) is 5.74. The second kappa shape index (κ2) is 6.43. The number of hydrogen-bond donors (Lipinski definition) is 1. The Balaban J connectivity index is 2.12. The molecule has 1 aromatic heterocycles. The number of piperazine rings is 1. The minimum atomic E-state index is -0.429. The van der Waals surface area contributed by atoms with Crippen LogP contribution in [0, 0.1) is 6.92 Å². The highest BCUT2D eigenvalue weighted by molar-refractivity contribution is 6.31. The molecule has 2 heterocycles. The van der Waals surface area contributed by atoms with Gasteiger partial charge >= 0.3 is 0 Å². The van der Waals surface area contributed by atoms with Crippen LogP contribution in [0.3, 0.4) is 0 Å². The van der Waals surface area contributed by atoms with E-state index in [1.807, 2.05) is 18.5 Å². The van der Waals surface area contributed by atoms with E-state index in [1.165, 1.54) is 0 Å². The maximum absolute atomic E-state index is 10.6. The summed E-state index contributed by atoms with van der Waals surface area (Å²) in [5, 5.41) is 15.7. The van der Waals surface area contributed by atoms with E-state index < -0.39 is 6.10 Å². The summed E-state index contributed by atoms with van der Waals surface area (Å²) in [6.07, 6.45) is 0.123. The summed E-state index contributed by atoms with van der Waals surface area (Å²) >= 11 is 6.32. The van der Waals surface area contributed by atoms with Crippen molar-refractivity contribution in [1.82, 2.24) is 19.6 Å². The van der Waals surface area contributed by atoms with Gasteiger partial charge in [-0.2, -0.15) is 5.10 Å². The minimum absolute atomic E-state index is 0.144. The number of aromatic nitrogens is 2. The van der Waals surface area contributed by atoms with Gasteiger partial charge in [0.05, 0.1) is 22.5 Å². The number of rotatable bonds is 4. The van der Waals surface area contributed by atoms with Gasteiger partial charge in [-0.15, -0.1) is 0 Å². The quantitative estimate of drug-likeness (QED) is 0.901. The van der Waals surface area contributed by atoms with Gasteiger partial charge in [-0.3, -0.25) is 9.58 Å². The normalized spacial score (nSPS) is 23.2. The molecule has 0 amide bonds. The largest absolute Gasteiger partial charge is 0.391 e. The molecule has 0 spiro atoms. The van der Waals surface area contributed by atoms with Crippen LogP contribution in [-0.2, 0) is 13.0 Å².